The molecule has 0 saturated heterocycles. The molecular weight excluding hydrogens is 314 g/mol. The van der Waals surface area contributed by atoms with E-state index in [4.69, 9.17) is 5.11 Å². The van der Waals surface area contributed by atoms with Gasteiger partial charge >= 0.3 is 12.0 Å². The van der Waals surface area contributed by atoms with Crippen LogP contribution < -0.4 is 10.6 Å². The Morgan fingerprint density at radius 3 is 2.68 bits per heavy atom. The lowest BCUT2D eigenvalue weighted by atomic mass is 10.00. The van der Waals surface area contributed by atoms with Gasteiger partial charge in [0.1, 0.15) is 5.54 Å². The molecule has 3 N–H and O–H groups in total. The molecule has 0 aliphatic heterocycles. The zero-order chi connectivity index (χ0) is 14.5. The van der Waals surface area contributed by atoms with E-state index >= 15 is 0 Å². The van der Waals surface area contributed by atoms with Gasteiger partial charge in [0.15, 0.2) is 0 Å². The van der Waals surface area contributed by atoms with E-state index in [9.17, 15) is 9.59 Å². The first-order chi connectivity index (χ1) is 8.87. The number of hydrogen-bond acceptors (Lipinski definition) is 3. The van der Waals surface area contributed by atoms with Crippen molar-refractivity contribution in [1.29, 1.82) is 0 Å². The maximum absolute atomic E-state index is 11.7. The van der Waals surface area contributed by atoms with E-state index in [0.717, 1.165) is 10.0 Å². The first-order valence-electron chi connectivity index (χ1n) is 5.76. The van der Waals surface area contributed by atoms with Crippen LogP contribution in [0.1, 0.15) is 25.8 Å². The molecule has 0 aliphatic carbocycles. The monoisotopic (exact) mass is 329 g/mol. The SMILES string of the molecule is CCC(C)(NC(=O)NCc1cncc(Br)c1)C(=O)O. The molecule has 6 nitrogen and oxygen atoms in total. The van der Waals surface area contributed by atoms with E-state index in [1.165, 1.54) is 6.92 Å². The summed E-state index contributed by atoms with van der Waals surface area (Å²) in [5.41, 5.74) is -0.447. The van der Waals surface area contributed by atoms with Crippen LogP contribution in [0.2, 0.25) is 0 Å². The first-order valence-corrected chi connectivity index (χ1v) is 6.55. The number of aromatic nitrogens is 1. The zero-order valence-corrected chi connectivity index (χ0v) is 12.3. The van der Waals surface area contributed by atoms with Crippen molar-refractivity contribution in [2.24, 2.45) is 0 Å². The Bertz CT molecular complexity index is 481. The average Bonchev–Trinajstić information content (AvgIpc) is 2.36. The third-order valence-corrected chi connectivity index (χ3v) is 3.22. The van der Waals surface area contributed by atoms with E-state index in [2.05, 4.69) is 31.5 Å². The van der Waals surface area contributed by atoms with E-state index in [1.54, 1.807) is 19.3 Å². The Morgan fingerprint density at radius 2 is 2.16 bits per heavy atom. The van der Waals surface area contributed by atoms with Crippen LogP contribution in [0.3, 0.4) is 0 Å². The van der Waals surface area contributed by atoms with E-state index in [0.29, 0.717) is 6.42 Å². The van der Waals surface area contributed by atoms with Gasteiger partial charge in [-0.2, -0.15) is 0 Å². The number of carbonyl (C=O) groups is 2. The molecule has 0 aromatic carbocycles. The number of amides is 2. The summed E-state index contributed by atoms with van der Waals surface area (Å²) in [6.45, 7) is 3.44. The van der Waals surface area contributed by atoms with Crippen molar-refractivity contribution in [3.8, 4) is 0 Å². The minimum atomic E-state index is -1.26. The number of pyridine rings is 1. The van der Waals surface area contributed by atoms with Crippen molar-refractivity contribution in [2.75, 3.05) is 0 Å². The Morgan fingerprint density at radius 1 is 1.47 bits per heavy atom. The fourth-order valence-corrected chi connectivity index (χ4v) is 1.73. The maximum Gasteiger partial charge on any atom is 0.329 e. The molecule has 0 spiro atoms. The fraction of sp³-hybridized carbons (Fsp3) is 0.417. The fourth-order valence-electron chi connectivity index (χ4n) is 1.32. The molecule has 0 aliphatic rings. The molecule has 1 unspecified atom stereocenters. The highest BCUT2D eigenvalue weighted by Gasteiger charge is 2.32. The normalized spacial score (nSPS) is 13.4. The second-order valence-corrected chi connectivity index (χ2v) is 5.23. The highest BCUT2D eigenvalue weighted by Crippen LogP contribution is 2.10. The number of carboxylic acids is 1. The smallest absolute Gasteiger partial charge is 0.329 e. The third kappa shape index (κ3) is 4.51. The number of carboxylic acid groups (broad SMARTS) is 1. The summed E-state index contributed by atoms with van der Waals surface area (Å²) < 4.78 is 0.816. The van der Waals surface area contributed by atoms with Gasteiger partial charge in [-0.3, -0.25) is 4.98 Å². The number of rotatable bonds is 5. The minimum absolute atomic E-state index is 0.275. The van der Waals surface area contributed by atoms with Crippen LogP contribution in [0, 0.1) is 0 Å². The predicted octanol–water partition coefficient (Wildman–Crippen LogP) is 1.90. The zero-order valence-electron chi connectivity index (χ0n) is 10.7. The Kier molecular flexibility index (Phi) is 5.29. The topological polar surface area (TPSA) is 91.3 Å². The number of urea groups is 1. The predicted molar refractivity (Wildman–Crippen MR) is 73.6 cm³/mol. The number of nitrogens with one attached hydrogen (secondary N) is 2. The molecule has 19 heavy (non-hydrogen) atoms. The number of aliphatic carboxylic acids is 1. The number of carbonyl (C=O) groups excluding carboxylic acids is 1. The van der Waals surface area contributed by atoms with Crippen molar-refractivity contribution in [3.63, 3.8) is 0 Å². The molecule has 0 bridgehead atoms. The summed E-state index contributed by atoms with van der Waals surface area (Å²) in [6.07, 6.45) is 3.57. The summed E-state index contributed by atoms with van der Waals surface area (Å²) in [6, 6.07) is 1.30. The maximum atomic E-state index is 11.7. The van der Waals surface area contributed by atoms with Gasteiger partial charge in [0, 0.05) is 23.4 Å². The van der Waals surface area contributed by atoms with Gasteiger partial charge in [-0.05, 0) is 40.9 Å². The quantitative estimate of drug-likeness (QED) is 0.769. The van der Waals surface area contributed by atoms with Crippen LogP contribution in [0.4, 0.5) is 4.79 Å². The highest BCUT2D eigenvalue weighted by molar-refractivity contribution is 9.10. The van der Waals surface area contributed by atoms with Crippen LogP contribution in [0.15, 0.2) is 22.9 Å². The van der Waals surface area contributed by atoms with Gasteiger partial charge in [0.25, 0.3) is 0 Å². The average molecular weight is 330 g/mol. The summed E-state index contributed by atoms with van der Waals surface area (Å²) in [5, 5.41) is 14.1. The molecular formula is C12H16BrN3O3. The highest BCUT2D eigenvalue weighted by atomic mass is 79.9. The van der Waals surface area contributed by atoms with Gasteiger partial charge in [-0.1, -0.05) is 6.92 Å². The molecule has 0 radical (unpaired) electrons. The third-order valence-electron chi connectivity index (χ3n) is 2.78. The van der Waals surface area contributed by atoms with Crippen LogP contribution in [0.25, 0.3) is 0 Å². The molecule has 1 rings (SSSR count). The van der Waals surface area contributed by atoms with Crippen molar-refractivity contribution >= 4 is 27.9 Å². The van der Waals surface area contributed by atoms with Gasteiger partial charge in [0.05, 0.1) is 0 Å². The number of hydrogen-bond donors (Lipinski definition) is 3. The molecule has 0 fully saturated rings. The summed E-state index contributed by atoms with van der Waals surface area (Å²) in [7, 11) is 0. The molecule has 1 atom stereocenters. The lowest BCUT2D eigenvalue weighted by Gasteiger charge is -2.24. The summed E-state index contributed by atoms with van der Waals surface area (Å²) in [5.74, 6) is -1.06. The molecule has 1 aromatic heterocycles. The second kappa shape index (κ2) is 6.51. The second-order valence-electron chi connectivity index (χ2n) is 4.31. The van der Waals surface area contributed by atoms with Crippen LogP contribution >= 0.6 is 15.9 Å². The van der Waals surface area contributed by atoms with Crippen molar-refractivity contribution in [2.45, 2.75) is 32.4 Å². The summed E-state index contributed by atoms with van der Waals surface area (Å²) >= 11 is 3.28. The summed E-state index contributed by atoms with van der Waals surface area (Å²) in [4.78, 5) is 26.7. The first kappa shape index (κ1) is 15.4. The van der Waals surface area contributed by atoms with Crippen molar-refractivity contribution in [3.05, 3.63) is 28.5 Å². The number of nitrogens with zero attached hydrogens (tertiary/aromatic N) is 1. The molecule has 0 saturated carbocycles. The molecule has 2 amide bonds. The van der Waals surface area contributed by atoms with Gasteiger partial charge in [-0.25, -0.2) is 9.59 Å². The number of halogens is 1. The lowest BCUT2D eigenvalue weighted by Crippen LogP contribution is -2.54. The minimum Gasteiger partial charge on any atom is -0.480 e. The van der Waals surface area contributed by atoms with Crippen LogP contribution in [-0.2, 0) is 11.3 Å². The van der Waals surface area contributed by atoms with Crippen molar-refractivity contribution in [1.82, 2.24) is 15.6 Å². The Hall–Kier alpha value is -1.63. The largest absolute Gasteiger partial charge is 0.480 e. The van der Waals surface area contributed by atoms with Gasteiger partial charge < -0.3 is 15.7 Å². The van der Waals surface area contributed by atoms with Crippen LogP contribution in [0.5, 0.6) is 0 Å². The van der Waals surface area contributed by atoms with E-state index in [1.807, 2.05) is 6.07 Å². The molecule has 7 heteroatoms. The van der Waals surface area contributed by atoms with Crippen LogP contribution in [-0.4, -0.2) is 27.6 Å². The Labute approximate surface area is 119 Å². The molecule has 104 valence electrons. The van der Waals surface area contributed by atoms with E-state index in [-0.39, 0.29) is 6.54 Å². The lowest BCUT2D eigenvalue weighted by molar-refractivity contribution is -0.143. The Balaban J connectivity index is 2.54. The standard InChI is InChI=1S/C12H16BrN3O3/c1-3-12(2,10(17)18)16-11(19)15-6-8-4-9(13)7-14-5-8/h4-5,7H,3,6H2,1-2H3,(H,17,18)(H2,15,16,19). The van der Waals surface area contributed by atoms with E-state index < -0.39 is 17.5 Å². The molecule has 1 aromatic rings. The van der Waals surface area contributed by atoms with Gasteiger partial charge in [-0.15, -0.1) is 0 Å². The van der Waals surface area contributed by atoms with Gasteiger partial charge in [0.2, 0.25) is 0 Å². The molecule has 1 heterocycles. The van der Waals surface area contributed by atoms with Crippen molar-refractivity contribution < 1.29 is 14.7 Å².